The molecule has 0 amide bonds. The zero-order chi connectivity index (χ0) is 17.6. The van der Waals surface area contributed by atoms with Crippen LogP contribution in [0.3, 0.4) is 0 Å². The lowest BCUT2D eigenvalue weighted by Crippen LogP contribution is -2.44. The van der Waals surface area contributed by atoms with E-state index < -0.39 is 0 Å². The van der Waals surface area contributed by atoms with E-state index >= 15 is 0 Å². The van der Waals surface area contributed by atoms with Gasteiger partial charge in [-0.25, -0.2) is 0 Å². The highest BCUT2D eigenvalue weighted by Gasteiger charge is 2.25. The number of nitrogens with zero attached hydrogens (tertiary/aromatic N) is 1. The molecule has 2 aliphatic heterocycles. The Morgan fingerprint density at radius 2 is 2.00 bits per heavy atom. The lowest BCUT2D eigenvalue weighted by atomic mass is 9.99. The van der Waals surface area contributed by atoms with Crippen LogP contribution in [-0.2, 0) is 4.74 Å². The standard InChI is InChI=1S/C20H32N2O3/c1-15(19-5-4-18(23-2)12-20(19)24-3)21-17-6-9-22(10-7-17)13-16-8-11-25-14-16/h4-5,12,15-17,21H,6-11,13-14H2,1-3H3/t15-,16-/m1/s1. The second-order valence-corrected chi connectivity index (χ2v) is 7.30. The number of methoxy groups -OCH3 is 2. The van der Waals surface area contributed by atoms with E-state index in [2.05, 4.69) is 23.2 Å². The van der Waals surface area contributed by atoms with Crippen molar-refractivity contribution in [3.8, 4) is 11.5 Å². The Morgan fingerprint density at radius 3 is 2.64 bits per heavy atom. The van der Waals surface area contributed by atoms with Crippen LogP contribution in [-0.4, -0.2) is 58.0 Å². The number of nitrogens with one attached hydrogen (secondary N) is 1. The first kappa shape index (κ1) is 18.5. The third-order valence-electron chi connectivity index (χ3n) is 5.52. The Kier molecular flexibility index (Phi) is 6.57. The van der Waals surface area contributed by atoms with E-state index in [9.17, 15) is 0 Å². The predicted octanol–water partition coefficient (Wildman–Crippen LogP) is 2.86. The van der Waals surface area contributed by atoms with Gasteiger partial charge in [-0.1, -0.05) is 6.07 Å². The summed E-state index contributed by atoms with van der Waals surface area (Å²) >= 11 is 0. The summed E-state index contributed by atoms with van der Waals surface area (Å²) in [4.78, 5) is 2.61. The van der Waals surface area contributed by atoms with Crippen LogP contribution in [0.4, 0.5) is 0 Å². The lowest BCUT2D eigenvalue weighted by molar-refractivity contribution is 0.145. The van der Waals surface area contributed by atoms with E-state index in [0.29, 0.717) is 6.04 Å². The fraction of sp³-hybridized carbons (Fsp3) is 0.700. The van der Waals surface area contributed by atoms with Crippen molar-refractivity contribution < 1.29 is 14.2 Å². The van der Waals surface area contributed by atoms with Gasteiger partial charge < -0.3 is 24.4 Å². The van der Waals surface area contributed by atoms with Crippen molar-refractivity contribution in [2.75, 3.05) is 47.1 Å². The zero-order valence-corrected chi connectivity index (χ0v) is 15.8. The van der Waals surface area contributed by atoms with Crippen LogP contribution in [0.1, 0.15) is 37.8 Å². The Morgan fingerprint density at radius 1 is 1.20 bits per heavy atom. The van der Waals surface area contributed by atoms with Crippen molar-refractivity contribution in [1.29, 1.82) is 0 Å². The molecule has 2 saturated heterocycles. The molecule has 0 spiro atoms. The normalized spacial score (nSPS) is 23.6. The van der Waals surface area contributed by atoms with Crippen molar-refractivity contribution in [2.45, 2.75) is 38.3 Å². The lowest BCUT2D eigenvalue weighted by Gasteiger charge is -2.35. The first-order chi connectivity index (χ1) is 12.2. The highest BCUT2D eigenvalue weighted by molar-refractivity contribution is 5.42. The monoisotopic (exact) mass is 348 g/mol. The molecule has 5 heteroatoms. The molecule has 3 rings (SSSR count). The van der Waals surface area contributed by atoms with E-state index in [1.807, 2.05) is 12.1 Å². The van der Waals surface area contributed by atoms with Gasteiger partial charge in [0.1, 0.15) is 11.5 Å². The van der Waals surface area contributed by atoms with E-state index in [-0.39, 0.29) is 6.04 Å². The zero-order valence-electron chi connectivity index (χ0n) is 15.8. The average Bonchev–Trinajstić information content (AvgIpc) is 3.15. The van der Waals surface area contributed by atoms with Crippen molar-refractivity contribution in [3.05, 3.63) is 23.8 Å². The maximum Gasteiger partial charge on any atom is 0.127 e. The van der Waals surface area contributed by atoms with Crippen molar-refractivity contribution in [2.24, 2.45) is 5.92 Å². The number of rotatable bonds is 7. The molecular formula is C20H32N2O3. The van der Waals surface area contributed by atoms with Crippen LogP contribution in [0, 0.1) is 5.92 Å². The van der Waals surface area contributed by atoms with Crippen LogP contribution in [0.25, 0.3) is 0 Å². The van der Waals surface area contributed by atoms with Gasteiger partial charge in [-0.2, -0.15) is 0 Å². The molecule has 2 atom stereocenters. The predicted molar refractivity (Wildman–Crippen MR) is 99.5 cm³/mol. The van der Waals surface area contributed by atoms with Gasteiger partial charge in [-0.05, 0) is 51.3 Å². The summed E-state index contributed by atoms with van der Waals surface area (Å²) in [6.45, 7) is 7.68. The molecule has 0 aromatic heterocycles. The molecule has 1 N–H and O–H groups in total. The minimum absolute atomic E-state index is 0.264. The smallest absolute Gasteiger partial charge is 0.127 e. The second-order valence-electron chi connectivity index (χ2n) is 7.30. The van der Waals surface area contributed by atoms with Gasteiger partial charge in [0.25, 0.3) is 0 Å². The number of likely N-dealkylation sites (tertiary alicyclic amines) is 1. The fourth-order valence-corrected chi connectivity index (χ4v) is 3.99. The summed E-state index contributed by atoms with van der Waals surface area (Å²) in [6.07, 6.45) is 3.64. The number of hydrogen-bond donors (Lipinski definition) is 1. The number of ether oxygens (including phenoxy) is 3. The fourth-order valence-electron chi connectivity index (χ4n) is 3.99. The Labute approximate surface area is 151 Å². The molecule has 0 radical (unpaired) electrons. The SMILES string of the molecule is COc1ccc([C@@H](C)NC2CCN(C[C@H]3CCOC3)CC2)c(OC)c1. The molecule has 1 aromatic carbocycles. The minimum atomic E-state index is 0.264. The average molecular weight is 348 g/mol. The molecular weight excluding hydrogens is 316 g/mol. The third-order valence-corrected chi connectivity index (χ3v) is 5.52. The van der Waals surface area contributed by atoms with Gasteiger partial charge in [0.15, 0.2) is 0 Å². The molecule has 140 valence electrons. The van der Waals surface area contributed by atoms with E-state index in [0.717, 1.165) is 30.6 Å². The molecule has 5 nitrogen and oxygen atoms in total. The van der Waals surface area contributed by atoms with Gasteiger partial charge in [0, 0.05) is 36.9 Å². The van der Waals surface area contributed by atoms with Crippen molar-refractivity contribution in [1.82, 2.24) is 10.2 Å². The minimum Gasteiger partial charge on any atom is -0.497 e. The molecule has 2 aliphatic rings. The van der Waals surface area contributed by atoms with E-state index in [1.54, 1.807) is 14.2 Å². The van der Waals surface area contributed by atoms with Gasteiger partial charge in [-0.3, -0.25) is 0 Å². The number of hydrogen-bond acceptors (Lipinski definition) is 5. The summed E-state index contributed by atoms with van der Waals surface area (Å²) in [6, 6.07) is 6.89. The summed E-state index contributed by atoms with van der Waals surface area (Å²) in [7, 11) is 3.40. The largest absolute Gasteiger partial charge is 0.497 e. The van der Waals surface area contributed by atoms with Gasteiger partial charge in [0.2, 0.25) is 0 Å². The maximum atomic E-state index is 5.55. The van der Waals surface area contributed by atoms with Gasteiger partial charge >= 0.3 is 0 Å². The Balaban J connectivity index is 1.49. The van der Waals surface area contributed by atoms with Crippen LogP contribution in [0.5, 0.6) is 11.5 Å². The first-order valence-corrected chi connectivity index (χ1v) is 9.47. The molecule has 0 saturated carbocycles. The van der Waals surface area contributed by atoms with Crippen LogP contribution >= 0.6 is 0 Å². The summed E-state index contributed by atoms with van der Waals surface area (Å²) < 4.78 is 16.3. The van der Waals surface area contributed by atoms with Crippen molar-refractivity contribution in [3.63, 3.8) is 0 Å². The molecule has 0 bridgehead atoms. The van der Waals surface area contributed by atoms with Crippen LogP contribution in [0.2, 0.25) is 0 Å². The summed E-state index contributed by atoms with van der Waals surface area (Å²) in [5, 5.41) is 3.79. The third kappa shape index (κ3) is 4.87. The number of piperidine rings is 1. The second kappa shape index (κ2) is 8.88. The van der Waals surface area contributed by atoms with Gasteiger partial charge in [-0.15, -0.1) is 0 Å². The highest BCUT2D eigenvalue weighted by atomic mass is 16.5. The molecule has 0 aliphatic carbocycles. The first-order valence-electron chi connectivity index (χ1n) is 9.47. The maximum absolute atomic E-state index is 5.55. The molecule has 2 heterocycles. The van der Waals surface area contributed by atoms with Crippen LogP contribution in [0.15, 0.2) is 18.2 Å². The Bertz CT molecular complexity index is 538. The summed E-state index contributed by atoms with van der Waals surface area (Å²) in [5.41, 5.74) is 1.19. The molecule has 25 heavy (non-hydrogen) atoms. The van der Waals surface area contributed by atoms with Crippen LogP contribution < -0.4 is 14.8 Å². The summed E-state index contributed by atoms with van der Waals surface area (Å²) in [5.74, 6) is 2.46. The molecule has 2 fully saturated rings. The van der Waals surface area contributed by atoms with E-state index in [1.165, 1.54) is 44.5 Å². The molecule has 1 aromatic rings. The number of benzene rings is 1. The topological polar surface area (TPSA) is 43.0 Å². The molecule has 0 unspecified atom stereocenters. The Hall–Kier alpha value is -1.30. The quantitative estimate of drug-likeness (QED) is 0.821. The highest BCUT2D eigenvalue weighted by Crippen LogP contribution is 2.30. The van der Waals surface area contributed by atoms with Crippen molar-refractivity contribution >= 4 is 0 Å². The van der Waals surface area contributed by atoms with Gasteiger partial charge in [0.05, 0.1) is 20.8 Å². The van der Waals surface area contributed by atoms with E-state index in [4.69, 9.17) is 14.2 Å².